The van der Waals surface area contributed by atoms with Crippen LogP contribution >= 0.6 is 15.9 Å². The number of nitrogens with zero attached hydrogens (tertiary/aromatic N) is 3. The van der Waals surface area contributed by atoms with Crippen LogP contribution in [0.15, 0.2) is 29.0 Å². The molecule has 2 heterocycles. The first-order valence-electron chi connectivity index (χ1n) is 6.63. The molecule has 0 atom stereocenters. The lowest BCUT2D eigenvalue weighted by Crippen LogP contribution is -2.19. The Labute approximate surface area is 127 Å². The molecule has 6 heteroatoms. The number of methoxy groups -OCH3 is 1. The van der Waals surface area contributed by atoms with E-state index in [9.17, 15) is 0 Å². The van der Waals surface area contributed by atoms with Crippen LogP contribution in [0.25, 0.3) is 5.82 Å². The second-order valence-corrected chi connectivity index (χ2v) is 5.30. The summed E-state index contributed by atoms with van der Waals surface area (Å²) in [6.45, 7) is 4.47. The van der Waals surface area contributed by atoms with Crippen LogP contribution in [0.5, 0.6) is 0 Å². The highest BCUT2D eigenvalue weighted by molar-refractivity contribution is 9.10. The molecule has 20 heavy (non-hydrogen) atoms. The Hall–Kier alpha value is -1.24. The van der Waals surface area contributed by atoms with Crippen LogP contribution in [-0.4, -0.2) is 35.0 Å². The molecule has 0 saturated carbocycles. The van der Waals surface area contributed by atoms with Gasteiger partial charge >= 0.3 is 0 Å². The molecule has 1 N–H and O–H groups in total. The first-order chi connectivity index (χ1) is 9.76. The molecule has 0 saturated heterocycles. The van der Waals surface area contributed by atoms with Crippen molar-refractivity contribution in [3.8, 4) is 5.82 Å². The quantitative estimate of drug-likeness (QED) is 0.787. The van der Waals surface area contributed by atoms with Crippen molar-refractivity contribution in [2.45, 2.75) is 19.9 Å². The van der Waals surface area contributed by atoms with E-state index >= 15 is 0 Å². The van der Waals surface area contributed by atoms with Gasteiger partial charge in [0.05, 0.1) is 18.5 Å². The van der Waals surface area contributed by atoms with Gasteiger partial charge in [-0.3, -0.25) is 0 Å². The molecule has 2 aromatic heterocycles. The Bertz CT molecular complexity index is 539. The fourth-order valence-electron chi connectivity index (χ4n) is 2.02. The fourth-order valence-corrected chi connectivity index (χ4v) is 2.25. The number of hydrogen-bond donors (Lipinski definition) is 1. The van der Waals surface area contributed by atoms with Crippen LogP contribution in [-0.2, 0) is 17.7 Å². The summed E-state index contributed by atoms with van der Waals surface area (Å²) in [5, 5.41) is 7.80. The zero-order chi connectivity index (χ0) is 14.4. The zero-order valence-electron chi connectivity index (χ0n) is 11.8. The van der Waals surface area contributed by atoms with E-state index in [1.54, 1.807) is 13.3 Å². The largest absolute Gasteiger partial charge is 0.383 e. The summed E-state index contributed by atoms with van der Waals surface area (Å²) >= 11 is 3.39. The maximum absolute atomic E-state index is 5.02. The average molecular weight is 339 g/mol. The van der Waals surface area contributed by atoms with E-state index in [0.29, 0.717) is 6.61 Å². The van der Waals surface area contributed by atoms with Crippen molar-refractivity contribution in [2.75, 3.05) is 20.3 Å². The Morgan fingerprint density at radius 2 is 2.20 bits per heavy atom. The van der Waals surface area contributed by atoms with Crippen LogP contribution in [0.2, 0.25) is 0 Å². The van der Waals surface area contributed by atoms with Gasteiger partial charge in [-0.2, -0.15) is 5.10 Å². The highest BCUT2D eigenvalue weighted by Gasteiger charge is 2.11. The first-order valence-corrected chi connectivity index (χ1v) is 7.43. The van der Waals surface area contributed by atoms with Gasteiger partial charge in [0.25, 0.3) is 0 Å². The van der Waals surface area contributed by atoms with Gasteiger partial charge in [0.15, 0.2) is 5.82 Å². The van der Waals surface area contributed by atoms with Crippen LogP contribution in [0.1, 0.15) is 18.2 Å². The Morgan fingerprint density at radius 1 is 1.35 bits per heavy atom. The maximum atomic E-state index is 5.02. The van der Waals surface area contributed by atoms with Crippen molar-refractivity contribution < 1.29 is 4.74 Å². The molecule has 0 amide bonds. The second kappa shape index (κ2) is 7.52. The summed E-state index contributed by atoms with van der Waals surface area (Å²) in [4.78, 5) is 4.39. The van der Waals surface area contributed by atoms with Gasteiger partial charge in [0.1, 0.15) is 0 Å². The van der Waals surface area contributed by atoms with E-state index in [0.717, 1.165) is 29.8 Å². The second-order valence-electron chi connectivity index (χ2n) is 4.39. The van der Waals surface area contributed by atoms with Gasteiger partial charge < -0.3 is 10.1 Å². The summed E-state index contributed by atoms with van der Waals surface area (Å²) in [6.07, 6.45) is 4.61. The average Bonchev–Trinajstić information content (AvgIpc) is 2.87. The van der Waals surface area contributed by atoms with Crippen LogP contribution in [0.3, 0.4) is 0 Å². The Morgan fingerprint density at radius 3 is 2.85 bits per heavy atom. The molecule has 0 spiro atoms. The molecule has 0 aliphatic rings. The minimum absolute atomic E-state index is 0.712. The lowest BCUT2D eigenvalue weighted by atomic mass is 10.2. The normalized spacial score (nSPS) is 10.9. The fraction of sp³-hybridized carbons (Fsp3) is 0.429. The predicted molar refractivity (Wildman–Crippen MR) is 82.0 cm³/mol. The van der Waals surface area contributed by atoms with E-state index in [1.165, 1.54) is 11.3 Å². The van der Waals surface area contributed by atoms with Gasteiger partial charge in [-0.15, -0.1) is 0 Å². The number of hydrogen-bond acceptors (Lipinski definition) is 4. The van der Waals surface area contributed by atoms with E-state index in [2.05, 4.69) is 38.3 Å². The van der Waals surface area contributed by atoms with Crippen molar-refractivity contribution >= 4 is 15.9 Å². The Balaban J connectivity index is 2.14. The Kier molecular flexibility index (Phi) is 5.70. The van der Waals surface area contributed by atoms with E-state index < -0.39 is 0 Å². The molecule has 0 aliphatic heterocycles. The van der Waals surface area contributed by atoms with Gasteiger partial charge in [-0.25, -0.2) is 9.67 Å². The lowest BCUT2D eigenvalue weighted by Gasteiger charge is -2.08. The van der Waals surface area contributed by atoms with Crippen LogP contribution in [0.4, 0.5) is 0 Å². The number of ether oxygens (including phenoxy) is 1. The monoisotopic (exact) mass is 338 g/mol. The minimum Gasteiger partial charge on any atom is -0.383 e. The van der Waals surface area contributed by atoms with Crippen molar-refractivity contribution in [1.29, 1.82) is 0 Å². The van der Waals surface area contributed by atoms with E-state index in [4.69, 9.17) is 4.74 Å². The first kappa shape index (κ1) is 15.2. The number of pyridine rings is 1. The third-order valence-electron chi connectivity index (χ3n) is 3.02. The lowest BCUT2D eigenvalue weighted by molar-refractivity contribution is 0.199. The molecule has 0 unspecified atom stereocenters. The zero-order valence-corrected chi connectivity index (χ0v) is 13.4. The number of aromatic nitrogens is 3. The number of rotatable bonds is 7. The third-order valence-corrected chi connectivity index (χ3v) is 3.49. The highest BCUT2D eigenvalue weighted by atomic mass is 79.9. The third kappa shape index (κ3) is 3.65. The molecule has 2 rings (SSSR count). The summed E-state index contributed by atoms with van der Waals surface area (Å²) in [7, 11) is 1.70. The molecule has 0 bridgehead atoms. The summed E-state index contributed by atoms with van der Waals surface area (Å²) in [5.74, 6) is 0.841. The molecular formula is C14H19BrN4O. The van der Waals surface area contributed by atoms with Gasteiger partial charge in [-0.1, -0.05) is 6.92 Å². The van der Waals surface area contributed by atoms with Crippen LogP contribution in [0, 0.1) is 0 Å². The van der Waals surface area contributed by atoms with Crippen molar-refractivity contribution in [3.63, 3.8) is 0 Å². The smallest absolute Gasteiger partial charge is 0.153 e. The molecule has 0 aromatic carbocycles. The molecule has 2 aromatic rings. The van der Waals surface area contributed by atoms with E-state index in [-0.39, 0.29) is 0 Å². The molecule has 108 valence electrons. The van der Waals surface area contributed by atoms with Crippen LogP contribution < -0.4 is 5.32 Å². The molecule has 0 radical (unpaired) electrons. The molecule has 0 aliphatic carbocycles. The summed E-state index contributed by atoms with van der Waals surface area (Å²) < 4.78 is 7.89. The SMILES string of the molecule is CCc1c(CNCCOC)cnn1-c1ccc(Br)cn1. The number of halogens is 1. The molecule has 0 fully saturated rings. The summed E-state index contributed by atoms with van der Waals surface area (Å²) in [6, 6.07) is 3.93. The van der Waals surface area contributed by atoms with Gasteiger partial charge in [0.2, 0.25) is 0 Å². The standard InChI is InChI=1S/C14H19BrN4O/c1-3-13-11(8-16-6-7-20-2)9-18-19(13)14-5-4-12(15)10-17-14/h4-5,9-10,16H,3,6-8H2,1-2H3. The molecule has 5 nitrogen and oxygen atoms in total. The molecular weight excluding hydrogens is 320 g/mol. The van der Waals surface area contributed by atoms with Crippen molar-refractivity contribution in [1.82, 2.24) is 20.1 Å². The van der Waals surface area contributed by atoms with Gasteiger partial charge in [-0.05, 0) is 34.5 Å². The van der Waals surface area contributed by atoms with Crippen molar-refractivity contribution in [3.05, 3.63) is 40.3 Å². The van der Waals surface area contributed by atoms with Crippen molar-refractivity contribution in [2.24, 2.45) is 0 Å². The highest BCUT2D eigenvalue weighted by Crippen LogP contribution is 2.16. The number of nitrogens with one attached hydrogen (secondary N) is 1. The maximum Gasteiger partial charge on any atom is 0.153 e. The minimum atomic E-state index is 0.712. The predicted octanol–water partition coefficient (Wildman–Crippen LogP) is 2.33. The summed E-state index contributed by atoms with van der Waals surface area (Å²) in [5.41, 5.74) is 2.39. The van der Waals surface area contributed by atoms with Gasteiger partial charge in [0, 0.05) is 36.4 Å². The topological polar surface area (TPSA) is 52.0 Å². The van der Waals surface area contributed by atoms with E-state index in [1.807, 2.05) is 23.0 Å².